The Bertz CT molecular complexity index is 765. The van der Waals surface area contributed by atoms with Gasteiger partial charge in [-0.1, -0.05) is 44.2 Å². The van der Waals surface area contributed by atoms with Crippen LogP contribution in [-0.4, -0.2) is 29.5 Å². The Balaban J connectivity index is 1.81. The van der Waals surface area contributed by atoms with Crippen molar-refractivity contribution >= 4 is 5.97 Å². The molecule has 0 amide bonds. The molecule has 27 heavy (non-hydrogen) atoms. The first kappa shape index (κ1) is 19.6. The van der Waals surface area contributed by atoms with Crippen molar-refractivity contribution in [3.05, 3.63) is 65.2 Å². The maximum Gasteiger partial charge on any atom is 0.343 e. The van der Waals surface area contributed by atoms with Gasteiger partial charge in [0.05, 0.1) is 5.56 Å². The van der Waals surface area contributed by atoms with Gasteiger partial charge in [-0.2, -0.15) is 0 Å². The minimum atomic E-state index is -0.282. The van der Waals surface area contributed by atoms with Gasteiger partial charge in [0.1, 0.15) is 5.75 Å². The van der Waals surface area contributed by atoms with Crippen molar-refractivity contribution in [1.29, 1.82) is 0 Å². The number of carbonyl (C=O) groups is 1. The van der Waals surface area contributed by atoms with Gasteiger partial charge in [-0.05, 0) is 81.4 Å². The molecular weight excluding hydrogens is 334 g/mol. The standard InChI is InChI=1S/C24H31NO2/c1-4-16-25(17-5-2)24(3)15-14-21-20(18-24)12-9-13-22(21)27-23(26)19-10-7-6-8-11-19/h6-13H,4-5,14-18H2,1-3H3. The molecule has 144 valence electrons. The third kappa shape index (κ3) is 4.41. The summed E-state index contributed by atoms with van der Waals surface area (Å²) in [7, 11) is 0. The second kappa shape index (κ2) is 8.71. The summed E-state index contributed by atoms with van der Waals surface area (Å²) in [6.07, 6.45) is 5.42. The molecule has 1 aliphatic carbocycles. The lowest BCUT2D eigenvalue weighted by Crippen LogP contribution is -2.50. The number of fused-ring (bicyclic) bond motifs is 1. The van der Waals surface area contributed by atoms with Crippen LogP contribution in [0.5, 0.6) is 5.75 Å². The van der Waals surface area contributed by atoms with Crippen LogP contribution in [0.2, 0.25) is 0 Å². The maximum atomic E-state index is 12.5. The Morgan fingerprint density at radius 1 is 1.04 bits per heavy atom. The number of hydrogen-bond acceptors (Lipinski definition) is 3. The largest absolute Gasteiger partial charge is 0.423 e. The molecule has 2 aromatic carbocycles. The van der Waals surface area contributed by atoms with Crippen LogP contribution in [0.15, 0.2) is 48.5 Å². The summed E-state index contributed by atoms with van der Waals surface area (Å²) in [6, 6.07) is 15.4. The van der Waals surface area contributed by atoms with E-state index in [1.165, 1.54) is 24.0 Å². The number of carbonyl (C=O) groups excluding carboxylic acids is 1. The van der Waals surface area contributed by atoms with Crippen molar-refractivity contribution in [2.24, 2.45) is 0 Å². The van der Waals surface area contributed by atoms with Crippen LogP contribution >= 0.6 is 0 Å². The smallest absolute Gasteiger partial charge is 0.343 e. The molecule has 0 aromatic heterocycles. The maximum absolute atomic E-state index is 12.5. The van der Waals surface area contributed by atoms with Gasteiger partial charge < -0.3 is 4.74 Å². The van der Waals surface area contributed by atoms with Crippen LogP contribution < -0.4 is 4.74 Å². The summed E-state index contributed by atoms with van der Waals surface area (Å²) < 4.78 is 5.77. The van der Waals surface area contributed by atoms with E-state index in [1.807, 2.05) is 30.3 Å². The van der Waals surface area contributed by atoms with Gasteiger partial charge in [-0.3, -0.25) is 4.90 Å². The van der Waals surface area contributed by atoms with Gasteiger partial charge in [-0.25, -0.2) is 4.79 Å². The Morgan fingerprint density at radius 2 is 1.74 bits per heavy atom. The summed E-state index contributed by atoms with van der Waals surface area (Å²) in [5, 5.41) is 0. The van der Waals surface area contributed by atoms with Crippen molar-refractivity contribution in [3.8, 4) is 5.75 Å². The van der Waals surface area contributed by atoms with E-state index < -0.39 is 0 Å². The summed E-state index contributed by atoms with van der Waals surface area (Å²) >= 11 is 0. The third-order valence-corrected chi connectivity index (χ3v) is 5.68. The van der Waals surface area contributed by atoms with Gasteiger partial charge in [0.15, 0.2) is 0 Å². The second-order valence-corrected chi connectivity index (χ2v) is 7.81. The molecule has 0 saturated heterocycles. The van der Waals surface area contributed by atoms with Crippen molar-refractivity contribution in [1.82, 2.24) is 4.90 Å². The molecule has 2 aromatic rings. The van der Waals surface area contributed by atoms with E-state index in [0.29, 0.717) is 5.56 Å². The number of hydrogen-bond donors (Lipinski definition) is 0. The Kier molecular flexibility index (Phi) is 6.33. The Labute approximate surface area is 163 Å². The highest BCUT2D eigenvalue weighted by Crippen LogP contribution is 2.37. The van der Waals surface area contributed by atoms with E-state index in [-0.39, 0.29) is 11.5 Å². The van der Waals surface area contributed by atoms with Gasteiger partial charge >= 0.3 is 5.97 Å². The monoisotopic (exact) mass is 365 g/mol. The quantitative estimate of drug-likeness (QED) is 0.494. The predicted molar refractivity (Wildman–Crippen MR) is 110 cm³/mol. The summed E-state index contributed by atoms with van der Waals surface area (Å²) in [5.74, 6) is 0.442. The van der Waals surface area contributed by atoms with E-state index in [0.717, 1.165) is 38.1 Å². The number of nitrogens with zero attached hydrogens (tertiary/aromatic N) is 1. The molecule has 1 unspecified atom stereocenters. The molecule has 0 radical (unpaired) electrons. The van der Waals surface area contributed by atoms with Crippen LogP contribution in [0.3, 0.4) is 0 Å². The molecule has 0 saturated carbocycles. The molecule has 0 aliphatic heterocycles. The molecule has 0 fully saturated rings. The number of benzene rings is 2. The summed E-state index contributed by atoms with van der Waals surface area (Å²) in [5.41, 5.74) is 3.29. The third-order valence-electron chi connectivity index (χ3n) is 5.68. The highest BCUT2D eigenvalue weighted by molar-refractivity contribution is 5.91. The van der Waals surface area contributed by atoms with Crippen molar-refractivity contribution in [3.63, 3.8) is 0 Å². The molecule has 0 N–H and O–H groups in total. The van der Waals surface area contributed by atoms with E-state index in [9.17, 15) is 4.79 Å². The molecule has 0 bridgehead atoms. The second-order valence-electron chi connectivity index (χ2n) is 7.81. The van der Waals surface area contributed by atoms with E-state index in [4.69, 9.17) is 4.74 Å². The summed E-state index contributed by atoms with van der Waals surface area (Å²) in [4.78, 5) is 15.1. The minimum absolute atomic E-state index is 0.182. The fraction of sp³-hybridized carbons (Fsp3) is 0.458. The Hall–Kier alpha value is -2.13. The normalized spacial score (nSPS) is 19.0. The van der Waals surface area contributed by atoms with Gasteiger partial charge in [-0.15, -0.1) is 0 Å². The molecule has 1 atom stereocenters. The summed E-state index contributed by atoms with van der Waals surface area (Å²) in [6.45, 7) is 9.18. The van der Waals surface area contributed by atoms with E-state index in [2.05, 4.69) is 31.7 Å². The zero-order valence-electron chi connectivity index (χ0n) is 16.8. The molecule has 0 spiro atoms. The highest BCUT2D eigenvalue weighted by Gasteiger charge is 2.35. The minimum Gasteiger partial charge on any atom is -0.423 e. The number of ether oxygens (including phenoxy) is 1. The van der Waals surface area contributed by atoms with Gasteiger partial charge in [0, 0.05) is 5.54 Å². The van der Waals surface area contributed by atoms with Crippen molar-refractivity contribution in [2.45, 2.75) is 58.4 Å². The molecule has 0 heterocycles. The highest BCUT2D eigenvalue weighted by atomic mass is 16.5. The molecular formula is C24H31NO2. The number of rotatable bonds is 7. The van der Waals surface area contributed by atoms with Crippen molar-refractivity contribution in [2.75, 3.05) is 13.1 Å². The zero-order valence-corrected chi connectivity index (χ0v) is 16.8. The topological polar surface area (TPSA) is 29.5 Å². The fourth-order valence-corrected chi connectivity index (χ4v) is 4.24. The average molecular weight is 366 g/mol. The lowest BCUT2D eigenvalue weighted by molar-refractivity contribution is 0.0725. The van der Waals surface area contributed by atoms with E-state index in [1.54, 1.807) is 12.1 Å². The number of esters is 1. The van der Waals surface area contributed by atoms with Crippen molar-refractivity contribution < 1.29 is 9.53 Å². The van der Waals surface area contributed by atoms with Crippen LogP contribution in [0.4, 0.5) is 0 Å². The fourth-order valence-electron chi connectivity index (χ4n) is 4.24. The van der Waals surface area contributed by atoms with Gasteiger partial charge in [0.2, 0.25) is 0 Å². The average Bonchev–Trinajstić information content (AvgIpc) is 2.68. The first-order valence-corrected chi connectivity index (χ1v) is 10.2. The zero-order chi connectivity index (χ0) is 19.3. The molecule has 1 aliphatic rings. The Morgan fingerprint density at radius 3 is 2.41 bits per heavy atom. The van der Waals surface area contributed by atoms with Crippen LogP contribution in [0.1, 0.15) is 61.5 Å². The SMILES string of the molecule is CCCN(CCC)C1(C)CCc2c(cccc2OC(=O)c2ccccc2)C1. The van der Waals surface area contributed by atoms with Gasteiger partial charge in [0.25, 0.3) is 0 Å². The first-order valence-electron chi connectivity index (χ1n) is 10.2. The lowest BCUT2D eigenvalue weighted by atomic mass is 9.77. The molecule has 3 heteroatoms. The van der Waals surface area contributed by atoms with Crippen LogP contribution in [0, 0.1) is 0 Å². The lowest BCUT2D eigenvalue weighted by Gasteiger charge is -2.45. The van der Waals surface area contributed by atoms with Crippen LogP contribution in [-0.2, 0) is 12.8 Å². The molecule has 3 nitrogen and oxygen atoms in total. The van der Waals surface area contributed by atoms with E-state index >= 15 is 0 Å². The molecule has 3 rings (SSSR count). The van der Waals surface area contributed by atoms with Crippen LogP contribution in [0.25, 0.3) is 0 Å². The predicted octanol–water partition coefficient (Wildman–Crippen LogP) is 5.28. The first-order chi connectivity index (χ1) is 13.1.